The molecule has 1 amide bonds. The Bertz CT molecular complexity index is 1020. The van der Waals surface area contributed by atoms with Gasteiger partial charge in [-0.15, -0.1) is 0 Å². The van der Waals surface area contributed by atoms with Crippen LogP contribution in [0.15, 0.2) is 52.4 Å². The van der Waals surface area contributed by atoms with E-state index in [1.807, 2.05) is 18.2 Å². The number of aryl methyl sites for hydroxylation is 2. The third-order valence-corrected chi connectivity index (χ3v) is 4.00. The number of amides is 1. The largest absolute Gasteiger partial charge is 0.328 e. The van der Waals surface area contributed by atoms with Crippen molar-refractivity contribution >= 4 is 34.8 Å². The maximum absolute atomic E-state index is 12.0. The van der Waals surface area contributed by atoms with Crippen LogP contribution in [0.5, 0.6) is 0 Å². The van der Waals surface area contributed by atoms with Crippen LogP contribution in [-0.4, -0.2) is 21.3 Å². The molecule has 0 aliphatic rings. The molecule has 2 aromatic carbocycles. The molecule has 0 aliphatic carbocycles. The second kappa shape index (κ2) is 6.33. The average Bonchev–Trinajstić information content (AvgIpc) is 2.79. The Hall–Kier alpha value is -2.86. The number of rotatable bonds is 3. The molecule has 0 fully saturated rings. The summed E-state index contributed by atoms with van der Waals surface area (Å²) in [5.74, 6) is -0.345. The molecule has 0 atom stereocenters. The molecular formula is C17H15ClN4O2. The van der Waals surface area contributed by atoms with Gasteiger partial charge in [0.2, 0.25) is 0 Å². The lowest BCUT2D eigenvalue weighted by Gasteiger charge is -2.00. The summed E-state index contributed by atoms with van der Waals surface area (Å²) in [7, 11) is 3.44. The van der Waals surface area contributed by atoms with Crippen molar-refractivity contribution in [3.8, 4) is 0 Å². The van der Waals surface area contributed by atoms with Gasteiger partial charge in [0.25, 0.3) is 5.91 Å². The predicted molar refractivity (Wildman–Crippen MR) is 94.7 cm³/mol. The Morgan fingerprint density at radius 1 is 1.12 bits per heavy atom. The van der Waals surface area contributed by atoms with Gasteiger partial charge < -0.3 is 0 Å². The van der Waals surface area contributed by atoms with Crippen LogP contribution in [0.1, 0.15) is 15.9 Å². The Kier molecular flexibility index (Phi) is 4.22. The van der Waals surface area contributed by atoms with Crippen molar-refractivity contribution in [2.24, 2.45) is 19.2 Å². The second-order valence-electron chi connectivity index (χ2n) is 5.36. The Balaban J connectivity index is 1.80. The van der Waals surface area contributed by atoms with Gasteiger partial charge in [0.05, 0.1) is 17.2 Å². The van der Waals surface area contributed by atoms with E-state index in [9.17, 15) is 9.59 Å². The molecule has 6 nitrogen and oxygen atoms in total. The van der Waals surface area contributed by atoms with E-state index in [0.29, 0.717) is 10.6 Å². The van der Waals surface area contributed by atoms with E-state index in [0.717, 1.165) is 16.6 Å². The average molecular weight is 343 g/mol. The zero-order valence-corrected chi connectivity index (χ0v) is 13.9. The first-order chi connectivity index (χ1) is 11.5. The van der Waals surface area contributed by atoms with Crippen molar-refractivity contribution < 1.29 is 4.79 Å². The number of benzene rings is 2. The van der Waals surface area contributed by atoms with Crippen LogP contribution in [0.2, 0.25) is 5.02 Å². The fourth-order valence-corrected chi connectivity index (χ4v) is 2.65. The van der Waals surface area contributed by atoms with Gasteiger partial charge in [-0.3, -0.25) is 13.9 Å². The lowest BCUT2D eigenvalue weighted by molar-refractivity contribution is 0.0955. The smallest absolute Gasteiger partial charge is 0.295 e. The molecule has 24 heavy (non-hydrogen) atoms. The molecule has 0 spiro atoms. The number of carbonyl (C=O) groups is 1. The summed E-state index contributed by atoms with van der Waals surface area (Å²) < 4.78 is 3.15. The minimum atomic E-state index is -0.345. The Morgan fingerprint density at radius 3 is 2.62 bits per heavy atom. The lowest BCUT2D eigenvalue weighted by Crippen LogP contribution is -2.19. The van der Waals surface area contributed by atoms with Crippen LogP contribution in [0.4, 0.5) is 0 Å². The molecule has 3 aromatic rings. The first kappa shape index (κ1) is 16.0. The molecule has 0 saturated heterocycles. The molecule has 0 saturated carbocycles. The quantitative estimate of drug-likeness (QED) is 0.586. The maximum atomic E-state index is 12.0. The zero-order valence-electron chi connectivity index (χ0n) is 13.2. The van der Waals surface area contributed by atoms with E-state index >= 15 is 0 Å². The molecule has 122 valence electrons. The molecule has 0 aliphatic heterocycles. The molecule has 1 aromatic heterocycles. The summed E-state index contributed by atoms with van der Waals surface area (Å²) in [6.45, 7) is 0. The summed E-state index contributed by atoms with van der Waals surface area (Å²) >= 11 is 5.86. The number of carbonyl (C=O) groups excluding carboxylic acids is 1. The third-order valence-electron chi connectivity index (χ3n) is 3.76. The van der Waals surface area contributed by atoms with Crippen molar-refractivity contribution in [3.63, 3.8) is 0 Å². The van der Waals surface area contributed by atoms with Crippen LogP contribution in [0.25, 0.3) is 11.0 Å². The van der Waals surface area contributed by atoms with E-state index in [2.05, 4.69) is 10.5 Å². The van der Waals surface area contributed by atoms with Crippen molar-refractivity contribution in [2.75, 3.05) is 0 Å². The van der Waals surface area contributed by atoms with E-state index in [1.165, 1.54) is 6.21 Å². The number of nitrogens with one attached hydrogen (secondary N) is 1. The normalized spacial score (nSPS) is 11.3. The molecule has 3 rings (SSSR count). The summed E-state index contributed by atoms with van der Waals surface area (Å²) in [5, 5.41) is 4.44. The highest BCUT2D eigenvalue weighted by Gasteiger charge is 2.07. The maximum Gasteiger partial charge on any atom is 0.328 e. The number of imidazole rings is 1. The van der Waals surface area contributed by atoms with Gasteiger partial charge in [-0.25, -0.2) is 10.2 Å². The summed E-state index contributed by atoms with van der Waals surface area (Å²) in [5.41, 5.74) is 5.20. The van der Waals surface area contributed by atoms with E-state index in [1.54, 1.807) is 47.5 Å². The van der Waals surface area contributed by atoms with Gasteiger partial charge in [-0.1, -0.05) is 23.7 Å². The monoisotopic (exact) mass is 342 g/mol. The van der Waals surface area contributed by atoms with Crippen LogP contribution in [0.3, 0.4) is 0 Å². The standard InChI is InChI=1S/C17H15ClN4O2/c1-21-14-7-6-11(8-15(14)22(2)17(21)24)10-19-20-16(23)12-4-3-5-13(18)9-12/h3-10H,1-2H3,(H,20,23)/b19-10-. The van der Waals surface area contributed by atoms with Crippen molar-refractivity contribution in [1.82, 2.24) is 14.6 Å². The predicted octanol–water partition coefficient (Wildman–Crippen LogP) is 2.29. The number of fused-ring (bicyclic) bond motifs is 1. The van der Waals surface area contributed by atoms with Crippen LogP contribution in [-0.2, 0) is 14.1 Å². The minimum Gasteiger partial charge on any atom is -0.295 e. The number of aromatic nitrogens is 2. The first-order valence-electron chi connectivity index (χ1n) is 7.22. The van der Waals surface area contributed by atoms with E-state index < -0.39 is 0 Å². The fourth-order valence-electron chi connectivity index (χ4n) is 2.46. The molecule has 0 radical (unpaired) electrons. The minimum absolute atomic E-state index is 0.0895. The van der Waals surface area contributed by atoms with Gasteiger partial charge in [-0.05, 0) is 35.9 Å². The number of hydrogen-bond donors (Lipinski definition) is 1. The van der Waals surface area contributed by atoms with Crippen molar-refractivity contribution in [3.05, 3.63) is 69.1 Å². The molecule has 1 heterocycles. The SMILES string of the molecule is Cn1c(=O)n(C)c2cc(/C=N\NC(=O)c3cccc(Cl)c3)ccc21. The van der Waals surface area contributed by atoms with Crippen molar-refractivity contribution in [2.45, 2.75) is 0 Å². The number of hydrogen-bond acceptors (Lipinski definition) is 3. The summed E-state index contributed by atoms with van der Waals surface area (Å²) in [4.78, 5) is 23.9. The Labute approximate surface area is 143 Å². The van der Waals surface area contributed by atoms with E-state index in [4.69, 9.17) is 11.6 Å². The van der Waals surface area contributed by atoms with Crippen molar-refractivity contribution in [1.29, 1.82) is 0 Å². The second-order valence-corrected chi connectivity index (χ2v) is 5.79. The van der Waals surface area contributed by atoms with Gasteiger partial charge in [0, 0.05) is 24.7 Å². The van der Waals surface area contributed by atoms with Gasteiger partial charge in [0.1, 0.15) is 0 Å². The highest BCUT2D eigenvalue weighted by Crippen LogP contribution is 2.13. The highest BCUT2D eigenvalue weighted by atomic mass is 35.5. The molecule has 0 bridgehead atoms. The number of hydrazone groups is 1. The van der Waals surface area contributed by atoms with Crippen LogP contribution in [0, 0.1) is 0 Å². The molecule has 7 heteroatoms. The molecule has 1 N–H and O–H groups in total. The number of halogens is 1. The highest BCUT2D eigenvalue weighted by molar-refractivity contribution is 6.30. The zero-order chi connectivity index (χ0) is 17.3. The topological polar surface area (TPSA) is 68.4 Å². The van der Waals surface area contributed by atoms with Gasteiger partial charge in [-0.2, -0.15) is 5.10 Å². The summed E-state index contributed by atoms with van der Waals surface area (Å²) in [6.07, 6.45) is 1.53. The lowest BCUT2D eigenvalue weighted by atomic mass is 10.2. The fraction of sp³-hybridized carbons (Fsp3) is 0.118. The van der Waals surface area contributed by atoms with E-state index in [-0.39, 0.29) is 11.6 Å². The third kappa shape index (κ3) is 2.96. The molecule has 0 unspecified atom stereocenters. The summed E-state index contributed by atoms with van der Waals surface area (Å²) in [6, 6.07) is 12.1. The Morgan fingerprint density at radius 2 is 1.88 bits per heavy atom. The van der Waals surface area contributed by atoms with Crippen LogP contribution >= 0.6 is 11.6 Å². The van der Waals surface area contributed by atoms with Gasteiger partial charge in [0.15, 0.2) is 0 Å². The van der Waals surface area contributed by atoms with Crippen LogP contribution < -0.4 is 11.1 Å². The van der Waals surface area contributed by atoms with Gasteiger partial charge >= 0.3 is 5.69 Å². The number of nitrogens with zero attached hydrogens (tertiary/aromatic N) is 3. The first-order valence-corrected chi connectivity index (χ1v) is 7.59. The molecular weight excluding hydrogens is 328 g/mol.